The van der Waals surface area contributed by atoms with Gasteiger partial charge in [-0.3, -0.25) is 0 Å². The maximum Gasteiger partial charge on any atom is 0.216 e. The first kappa shape index (κ1) is 14.4. The fourth-order valence-electron chi connectivity index (χ4n) is 0.642. The van der Waals surface area contributed by atoms with Crippen LogP contribution in [0.1, 0.15) is 34.6 Å². The molecule has 0 bridgehead atoms. The molecule has 0 aliphatic heterocycles. The second-order valence-electron chi connectivity index (χ2n) is 4.72. The molecule has 0 aromatic carbocycles. The lowest BCUT2D eigenvalue weighted by Crippen LogP contribution is -2.42. The van der Waals surface area contributed by atoms with Crippen LogP contribution in [-0.2, 0) is 10.0 Å². The van der Waals surface area contributed by atoms with Crippen LogP contribution in [0.4, 0.5) is 0 Å². The molecule has 0 spiro atoms. The van der Waals surface area contributed by atoms with Gasteiger partial charge in [0.25, 0.3) is 0 Å². The van der Waals surface area contributed by atoms with Gasteiger partial charge in [0.05, 0.1) is 4.75 Å². The molecule has 3 nitrogen and oxygen atoms in total. The molecule has 0 aliphatic carbocycles. The number of hydrogen-bond donors (Lipinski definition) is 1. The van der Waals surface area contributed by atoms with Gasteiger partial charge in [-0.2, -0.15) is 0 Å². The van der Waals surface area contributed by atoms with Crippen LogP contribution in [0.15, 0.2) is 0 Å². The molecule has 14 heavy (non-hydrogen) atoms. The Hall–Kier alpha value is 0.390. The smallest absolute Gasteiger partial charge is 0.214 e. The summed E-state index contributed by atoms with van der Waals surface area (Å²) in [6.45, 7) is 9.60. The van der Waals surface area contributed by atoms with Crippen molar-refractivity contribution in [2.24, 2.45) is 5.92 Å². The molecular formula is C9H20BrNO2S. The highest BCUT2D eigenvalue weighted by atomic mass is 79.9. The van der Waals surface area contributed by atoms with E-state index in [0.717, 1.165) is 0 Å². The van der Waals surface area contributed by atoms with Gasteiger partial charge in [0.1, 0.15) is 0 Å². The van der Waals surface area contributed by atoms with Gasteiger partial charge in [-0.25, -0.2) is 13.1 Å². The zero-order valence-electron chi connectivity index (χ0n) is 9.46. The maximum atomic E-state index is 11.6. The Morgan fingerprint density at radius 1 is 1.29 bits per heavy atom. The van der Waals surface area contributed by atoms with Gasteiger partial charge < -0.3 is 0 Å². The molecule has 0 saturated carbocycles. The quantitative estimate of drug-likeness (QED) is 0.805. The molecule has 0 aliphatic rings. The first-order valence-electron chi connectivity index (χ1n) is 4.71. The standard InChI is InChI=1S/C9H20BrNO2S/c1-7(2)8(10)6-11-14(12,13)9(3,4)5/h7-8,11H,6H2,1-5H3. The highest BCUT2D eigenvalue weighted by molar-refractivity contribution is 9.09. The van der Waals surface area contributed by atoms with Crippen LogP contribution in [-0.4, -0.2) is 24.5 Å². The normalized spacial score (nSPS) is 15.9. The summed E-state index contributed by atoms with van der Waals surface area (Å²) >= 11 is 3.43. The lowest BCUT2D eigenvalue weighted by Gasteiger charge is -2.22. The summed E-state index contributed by atoms with van der Waals surface area (Å²) in [7, 11) is -3.21. The van der Waals surface area contributed by atoms with Crippen LogP contribution in [0, 0.1) is 5.92 Å². The van der Waals surface area contributed by atoms with Crippen LogP contribution < -0.4 is 4.72 Å². The van der Waals surface area contributed by atoms with Crippen molar-refractivity contribution in [3.8, 4) is 0 Å². The van der Waals surface area contributed by atoms with E-state index in [1.165, 1.54) is 0 Å². The van der Waals surface area contributed by atoms with Crippen molar-refractivity contribution < 1.29 is 8.42 Å². The van der Waals surface area contributed by atoms with Gasteiger partial charge in [0.2, 0.25) is 10.0 Å². The molecule has 1 unspecified atom stereocenters. The van der Waals surface area contributed by atoms with Crippen LogP contribution in [0.2, 0.25) is 0 Å². The largest absolute Gasteiger partial charge is 0.216 e. The van der Waals surface area contributed by atoms with E-state index < -0.39 is 14.8 Å². The van der Waals surface area contributed by atoms with Crippen LogP contribution in [0.25, 0.3) is 0 Å². The lowest BCUT2D eigenvalue weighted by atomic mass is 10.1. The second-order valence-corrected chi connectivity index (χ2v) is 8.42. The minimum atomic E-state index is -3.21. The molecule has 0 heterocycles. The van der Waals surface area contributed by atoms with Gasteiger partial charge >= 0.3 is 0 Å². The molecule has 0 aromatic rings. The number of alkyl halides is 1. The van der Waals surface area contributed by atoms with Gasteiger partial charge in [-0.05, 0) is 26.7 Å². The highest BCUT2D eigenvalue weighted by Crippen LogP contribution is 2.15. The molecule has 0 saturated heterocycles. The predicted molar refractivity (Wildman–Crippen MR) is 64.2 cm³/mol. The summed E-state index contributed by atoms with van der Waals surface area (Å²) in [5.41, 5.74) is 0. The topological polar surface area (TPSA) is 46.2 Å². The minimum absolute atomic E-state index is 0.180. The monoisotopic (exact) mass is 285 g/mol. The van der Waals surface area contributed by atoms with Crippen molar-refractivity contribution in [1.82, 2.24) is 4.72 Å². The molecule has 0 radical (unpaired) electrons. The number of hydrogen-bond acceptors (Lipinski definition) is 2. The van der Waals surface area contributed by atoms with E-state index in [1.54, 1.807) is 20.8 Å². The van der Waals surface area contributed by atoms with E-state index in [1.807, 2.05) is 13.8 Å². The van der Waals surface area contributed by atoms with Crippen molar-refractivity contribution >= 4 is 26.0 Å². The van der Waals surface area contributed by atoms with Gasteiger partial charge in [-0.1, -0.05) is 29.8 Å². The number of halogens is 1. The van der Waals surface area contributed by atoms with Gasteiger partial charge in [0, 0.05) is 11.4 Å². The second kappa shape index (κ2) is 4.94. The third kappa shape index (κ3) is 4.28. The zero-order chi connectivity index (χ0) is 11.6. The van der Waals surface area contributed by atoms with Gasteiger partial charge in [0.15, 0.2) is 0 Å². The Morgan fingerprint density at radius 2 is 1.71 bits per heavy atom. The maximum absolute atomic E-state index is 11.6. The summed E-state index contributed by atoms with van der Waals surface area (Å²) in [6, 6.07) is 0. The molecular weight excluding hydrogens is 266 g/mol. The Bertz CT molecular complexity index is 267. The number of rotatable bonds is 4. The average Bonchev–Trinajstić information content (AvgIpc) is 1.97. The molecule has 5 heteroatoms. The summed E-state index contributed by atoms with van der Waals surface area (Å²) in [5, 5.41) is 0. The van der Waals surface area contributed by atoms with E-state index in [9.17, 15) is 8.42 Å². The van der Waals surface area contributed by atoms with E-state index in [4.69, 9.17) is 0 Å². The molecule has 1 N–H and O–H groups in total. The molecule has 0 fully saturated rings. The molecule has 0 aromatic heterocycles. The summed E-state index contributed by atoms with van der Waals surface area (Å²) < 4.78 is 25.2. The average molecular weight is 286 g/mol. The van der Waals surface area contributed by atoms with Gasteiger partial charge in [-0.15, -0.1) is 0 Å². The Labute approximate surface area is 95.8 Å². The van der Waals surface area contributed by atoms with Crippen LogP contribution in [0.3, 0.4) is 0 Å². The zero-order valence-corrected chi connectivity index (χ0v) is 11.9. The third-order valence-corrected chi connectivity index (χ3v) is 5.54. The summed E-state index contributed by atoms with van der Waals surface area (Å²) in [4.78, 5) is 0.180. The first-order chi connectivity index (χ1) is 6.08. The van der Waals surface area contributed by atoms with Crippen molar-refractivity contribution in [2.45, 2.75) is 44.2 Å². The summed E-state index contributed by atoms with van der Waals surface area (Å²) in [5.74, 6) is 0.415. The minimum Gasteiger partial charge on any atom is -0.214 e. The van der Waals surface area contributed by atoms with Crippen molar-refractivity contribution in [3.63, 3.8) is 0 Å². The fourth-order valence-corrected chi connectivity index (χ4v) is 1.85. The SMILES string of the molecule is CC(C)C(Br)CNS(=O)(=O)C(C)(C)C. The third-order valence-electron chi connectivity index (χ3n) is 2.00. The Morgan fingerprint density at radius 3 is 2.00 bits per heavy atom. The molecule has 1 atom stereocenters. The van der Waals surface area contributed by atoms with Crippen molar-refractivity contribution in [1.29, 1.82) is 0 Å². The number of sulfonamides is 1. The van der Waals surface area contributed by atoms with Crippen LogP contribution >= 0.6 is 15.9 Å². The lowest BCUT2D eigenvalue weighted by molar-refractivity contribution is 0.534. The highest BCUT2D eigenvalue weighted by Gasteiger charge is 2.29. The van der Waals surface area contributed by atoms with E-state index >= 15 is 0 Å². The molecule has 0 rings (SSSR count). The van der Waals surface area contributed by atoms with E-state index in [0.29, 0.717) is 12.5 Å². The number of nitrogens with one attached hydrogen (secondary N) is 1. The summed E-state index contributed by atoms with van der Waals surface area (Å²) in [6.07, 6.45) is 0. The Kier molecular flexibility index (Phi) is 5.08. The predicted octanol–water partition coefficient (Wildman–Crippen LogP) is 2.12. The molecule has 86 valence electrons. The van der Waals surface area contributed by atoms with E-state index in [2.05, 4.69) is 20.7 Å². The van der Waals surface area contributed by atoms with Crippen molar-refractivity contribution in [2.75, 3.05) is 6.54 Å². The van der Waals surface area contributed by atoms with Crippen LogP contribution in [0.5, 0.6) is 0 Å². The first-order valence-corrected chi connectivity index (χ1v) is 7.11. The fraction of sp³-hybridized carbons (Fsp3) is 1.00. The van der Waals surface area contributed by atoms with E-state index in [-0.39, 0.29) is 4.83 Å². The Balaban J connectivity index is 4.29. The molecule has 0 amide bonds. The van der Waals surface area contributed by atoms with Crippen molar-refractivity contribution in [3.05, 3.63) is 0 Å².